The Morgan fingerprint density at radius 1 is 1.33 bits per heavy atom. The molecular weight excluding hydrogens is 304 g/mol. The van der Waals surface area contributed by atoms with Gasteiger partial charge < -0.3 is 10.2 Å². The zero-order chi connectivity index (χ0) is 17.8. The van der Waals surface area contributed by atoms with Crippen molar-refractivity contribution in [2.45, 2.75) is 58.0 Å². The molecule has 0 aromatic rings. The minimum Gasteiger partial charge on any atom is -0.481 e. The Hall–Kier alpha value is -2.12. The Morgan fingerprint density at radius 2 is 2.12 bits per heavy atom. The monoisotopic (exact) mass is 330 g/mol. The van der Waals surface area contributed by atoms with Crippen molar-refractivity contribution in [3.8, 4) is 11.8 Å². The topological polar surface area (TPSA) is 74.6 Å². The highest BCUT2D eigenvalue weighted by Gasteiger charge is 2.22. The molecule has 1 aliphatic rings. The number of allylic oxidation sites excluding steroid dienone is 4. The molecule has 0 aliphatic heterocycles. The van der Waals surface area contributed by atoms with Crippen LogP contribution in [0.4, 0.5) is 0 Å². The van der Waals surface area contributed by atoms with Crippen LogP contribution < -0.4 is 0 Å². The van der Waals surface area contributed by atoms with E-state index in [2.05, 4.69) is 11.8 Å². The van der Waals surface area contributed by atoms with Crippen LogP contribution >= 0.6 is 0 Å². The number of aliphatic hydroxyl groups is 1. The maximum Gasteiger partial charge on any atom is 0.303 e. The average Bonchev–Trinajstić information content (AvgIpc) is 2.89. The van der Waals surface area contributed by atoms with Crippen molar-refractivity contribution >= 4 is 11.8 Å². The molecule has 0 radical (unpaired) electrons. The maximum atomic E-state index is 11.9. The molecule has 0 amide bonds. The highest BCUT2D eigenvalue weighted by atomic mass is 16.4. The molecule has 130 valence electrons. The highest BCUT2D eigenvalue weighted by molar-refractivity contribution is 6.07. The number of carboxylic acid groups (broad SMARTS) is 1. The van der Waals surface area contributed by atoms with Crippen LogP contribution in [0.1, 0.15) is 51.9 Å². The van der Waals surface area contributed by atoms with Crippen molar-refractivity contribution in [2.24, 2.45) is 5.92 Å². The fourth-order valence-corrected chi connectivity index (χ4v) is 2.39. The van der Waals surface area contributed by atoms with Crippen LogP contribution in [0.15, 0.2) is 36.0 Å². The Bertz CT molecular complexity index is 572. The van der Waals surface area contributed by atoms with Crippen LogP contribution in [0.3, 0.4) is 0 Å². The van der Waals surface area contributed by atoms with E-state index in [-0.39, 0.29) is 18.1 Å². The minimum absolute atomic E-state index is 0.0102. The molecule has 0 fully saturated rings. The van der Waals surface area contributed by atoms with E-state index in [4.69, 9.17) is 5.11 Å². The lowest BCUT2D eigenvalue weighted by molar-refractivity contribution is -0.137. The van der Waals surface area contributed by atoms with Gasteiger partial charge in [-0.05, 0) is 31.8 Å². The van der Waals surface area contributed by atoms with E-state index in [1.165, 1.54) is 0 Å². The lowest BCUT2D eigenvalue weighted by atomic mass is 9.96. The smallest absolute Gasteiger partial charge is 0.303 e. The molecule has 0 spiro atoms. The summed E-state index contributed by atoms with van der Waals surface area (Å²) in [4.78, 5) is 22.3. The Labute approximate surface area is 144 Å². The van der Waals surface area contributed by atoms with E-state index in [1.807, 2.05) is 31.2 Å². The first-order valence-electron chi connectivity index (χ1n) is 8.47. The number of hydrogen-bond acceptors (Lipinski definition) is 3. The van der Waals surface area contributed by atoms with Gasteiger partial charge in [-0.15, -0.1) is 11.8 Å². The van der Waals surface area contributed by atoms with Crippen molar-refractivity contribution in [3.63, 3.8) is 0 Å². The number of aliphatic hydroxyl groups excluding tert-OH is 1. The Morgan fingerprint density at radius 3 is 2.83 bits per heavy atom. The number of carboxylic acids is 1. The first kappa shape index (κ1) is 19.9. The van der Waals surface area contributed by atoms with Gasteiger partial charge in [0.05, 0.1) is 6.10 Å². The van der Waals surface area contributed by atoms with Gasteiger partial charge in [-0.25, -0.2) is 0 Å². The minimum atomic E-state index is -0.807. The van der Waals surface area contributed by atoms with Gasteiger partial charge in [0.15, 0.2) is 5.78 Å². The summed E-state index contributed by atoms with van der Waals surface area (Å²) in [6.45, 7) is 2.04. The van der Waals surface area contributed by atoms with E-state index in [1.54, 1.807) is 6.08 Å². The molecule has 2 atom stereocenters. The average molecular weight is 330 g/mol. The van der Waals surface area contributed by atoms with Gasteiger partial charge in [0, 0.05) is 30.8 Å². The fraction of sp³-hybridized carbons (Fsp3) is 0.500. The third-order valence-electron chi connectivity index (χ3n) is 3.72. The summed E-state index contributed by atoms with van der Waals surface area (Å²) < 4.78 is 0. The second kappa shape index (κ2) is 11.4. The number of carbonyl (C=O) groups excluding carboxylic acids is 1. The molecule has 1 rings (SSSR count). The standard InChI is InChI=1S/C20H26O4/c1-2-3-6-10-17(21)13-14-18-16(12-15-19(18)22)9-7-4-5-8-11-20(23)24/h3,6,12,14-17,21H,2,5,8-11,13H2,1H3,(H,23,24)/b6-3-,18-14+/t16-,17-/m0/s1. The van der Waals surface area contributed by atoms with E-state index < -0.39 is 12.1 Å². The van der Waals surface area contributed by atoms with Crippen LogP contribution in [0.5, 0.6) is 0 Å². The number of carbonyl (C=O) groups is 2. The lowest BCUT2D eigenvalue weighted by Gasteiger charge is -2.09. The number of rotatable bonds is 9. The number of ketones is 1. The van der Waals surface area contributed by atoms with Crippen molar-refractivity contribution in [1.29, 1.82) is 0 Å². The molecule has 1 aliphatic carbocycles. The summed E-state index contributed by atoms with van der Waals surface area (Å²) in [7, 11) is 0. The first-order valence-corrected chi connectivity index (χ1v) is 8.47. The SMILES string of the molecule is CC/C=C\C[C@H](O)C/C=C1/C(=O)C=C[C@@H]1CC#CCCCC(=O)O. The number of unbranched alkanes of at least 4 members (excludes halogenated alkanes) is 1. The molecule has 0 unspecified atom stereocenters. The summed E-state index contributed by atoms with van der Waals surface area (Å²) in [5.74, 6) is 5.14. The van der Waals surface area contributed by atoms with Gasteiger partial charge in [0.2, 0.25) is 0 Å². The molecule has 4 heteroatoms. The van der Waals surface area contributed by atoms with Gasteiger partial charge in [0.25, 0.3) is 0 Å². The predicted molar refractivity (Wildman–Crippen MR) is 94.3 cm³/mol. The van der Waals surface area contributed by atoms with Gasteiger partial charge in [-0.1, -0.05) is 31.2 Å². The van der Waals surface area contributed by atoms with E-state index in [9.17, 15) is 14.7 Å². The lowest BCUT2D eigenvalue weighted by Crippen LogP contribution is -2.07. The molecule has 0 aromatic carbocycles. The van der Waals surface area contributed by atoms with Gasteiger partial charge in [0.1, 0.15) is 0 Å². The van der Waals surface area contributed by atoms with Gasteiger partial charge in [-0.3, -0.25) is 9.59 Å². The maximum absolute atomic E-state index is 11.9. The first-order chi connectivity index (χ1) is 11.5. The van der Waals surface area contributed by atoms with Crippen LogP contribution in [-0.2, 0) is 9.59 Å². The van der Waals surface area contributed by atoms with Crippen molar-refractivity contribution in [2.75, 3.05) is 0 Å². The molecule has 24 heavy (non-hydrogen) atoms. The summed E-state index contributed by atoms with van der Waals surface area (Å²) >= 11 is 0. The van der Waals surface area contributed by atoms with E-state index >= 15 is 0 Å². The van der Waals surface area contributed by atoms with E-state index in [0.29, 0.717) is 37.7 Å². The molecule has 0 saturated carbocycles. The highest BCUT2D eigenvalue weighted by Crippen LogP contribution is 2.25. The molecule has 2 N–H and O–H groups in total. The normalized spacial score (nSPS) is 19.7. The summed E-state index contributed by atoms with van der Waals surface area (Å²) in [5.41, 5.74) is 0.702. The van der Waals surface area contributed by atoms with Crippen molar-refractivity contribution in [1.82, 2.24) is 0 Å². The van der Waals surface area contributed by atoms with Crippen LogP contribution in [-0.4, -0.2) is 28.1 Å². The molecule has 0 aromatic heterocycles. The largest absolute Gasteiger partial charge is 0.481 e. The summed E-state index contributed by atoms with van der Waals surface area (Å²) in [6.07, 6.45) is 12.5. The Balaban J connectivity index is 2.46. The zero-order valence-corrected chi connectivity index (χ0v) is 14.2. The molecule has 0 heterocycles. The molecule has 4 nitrogen and oxygen atoms in total. The van der Waals surface area contributed by atoms with Crippen molar-refractivity contribution in [3.05, 3.63) is 36.0 Å². The number of hydrogen-bond donors (Lipinski definition) is 2. The fourth-order valence-electron chi connectivity index (χ4n) is 2.39. The molecule has 0 bridgehead atoms. The second-order valence-electron chi connectivity index (χ2n) is 5.80. The van der Waals surface area contributed by atoms with E-state index in [0.717, 1.165) is 6.42 Å². The zero-order valence-electron chi connectivity index (χ0n) is 14.2. The van der Waals surface area contributed by atoms with Crippen LogP contribution in [0.2, 0.25) is 0 Å². The quantitative estimate of drug-likeness (QED) is 0.294. The summed E-state index contributed by atoms with van der Waals surface area (Å²) in [6, 6.07) is 0. The predicted octanol–water partition coefficient (Wildman–Crippen LogP) is 3.42. The molecular formula is C20H26O4. The Kier molecular flexibility index (Phi) is 9.48. The number of aliphatic carboxylic acids is 1. The van der Waals surface area contributed by atoms with Gasteiger partial charge in [-0.2, -0.15) is 0 Å². The van der Waals surface area contributed by atoms with Gasteiger partial charge >= 0.3 is 5.97 Å². The molecule has 0 saturated heterocycles. The van der Waals surface area contributed by atoms with Crippen LogP contribution in [0, 0.1) is 17.8 Å². The van der Waals surface area contributed by atoms with Crippen LogP contribution in [0.25, 0.3) is 0 Å². The third kappa shape index (κ3) is 7.94. The second-order valence-corrected chi connectivity index (χ2v) is 5.80. The third-order valence-corrected chi connectivity index (χ3v) is 3.72. The summed E-state index contributed by atoms with van der Waals surface area (Å²) in [5, 5.41) is 18.5. The van der Waals surface area contributed by atoms with Crippen molar-refractivity contribution < 1.29 is 19.8 Å².